The fourth-order valence-electron chi connectivity index (χ4n) is 3.38. The van der Waals surface area contributed by atoms with Crippen molar-refractivity contribution in [3.05, 3.63) is 77.8 Å². The second-order valence-corrected chi connectivity index (χ2v) is 6.72. The molecule has 0 aliphatic heterocycles. The van der Waals surface area contributed by atoms with Crippen LogP contribution < -0.4 is 11.1 Å². The number of nitrogens with two attached hydrogens (primary N) is 1. The van der Waals surface area contributed by atoms with E-state index in [1.165, 1.54) is 30.6 Å². The average Bonchev–Trinajstić information content (AvgIpc) is 2.73. The van der Waals surface area contributed by atoms with E-state index in [2.05, 4.69) is 20.3 Å². The zero-order chi connectivity index (χ0) is 21.3. The summed E-state index contributed by atoms with van der Waals surface area (Å²) < 4.78 is 28.0. The maximum absolute atomic E-state index is 14.1. The molecule has 30 heavy (non-hydrogen) atoms. The van der Waals surface area contributed by atoms with Gasteiger partial charge in [0.15, 0.2) is 0 Å². The molecular weight excluding hydrogens is 386 g/mol. The number of benzene rings is 2. The third-order valence-electron chi connectivity index (χ3n) is 4.78. The van der Waals surface area contributed by atoms with E-state index in [4.69, 9.17) is 5.73 Å². The van der Waals surface area contributed by atoms with Gasteiger partial charge in [0.05, 0.1) is 11.6 Å². The molecule has 148 valence electrons. The van der Waals surface area contributed by atoms with E-state index < -0.39 is 17.7 Å². The van der Waals surface area contributed by atoms with Gasteiger partial charge in [-0.15, -0.1) is 0 Å². The number of halogens is 2. The molecule has 0 aliphatic rings. The maximum Gasteiger partial charge on any atom is 0.150 e. The highest BCUT2D eigenvalue weighted by molar-refractivity contribution is 5.96. The Bertz CT molecular complexity index is 1300. The Balaban J connectivity index is 1.90. The summed E-state index contributed by atoms with van der Waals surface area (Å²) in [6.45, 7) is 1.84. The number of hydrogen-bond acceptors (Lipinski definition) is 6. The highest BCUT2D eigenvalue weighted by Crippen LogP contribution is 2.36. The summed E-state index contributed by atoms with van der Waals surface area (Å²) >= 11 is 0. The minimum atomic E-state index is -0.421. The lowest BCUT2D eigenvalue weighted by Crippen LogP contribution is -2.12. The SMILES string of the molecule is C[C@H](Nc1ncnc(N)c1C#N)c1cnc2ccc(F)cc2c1-c1cccc(F)c1. The molecule has 0 spiro atoms. The molecular formula is C22H16F2N6. The quantitative estimate of drug-likeness (QED) is 0.518. The number of nitriles is 1. The van der Waals surface area contributed by atoms with Crippen LogP contribution in [0, 0.1) is 23.0 Å². The summed E-state index contributed by atoms with van der Waals surface area (Å²) in [5.41, 5.74) is 8.37. The lowest BCUT2D eigenvalue weighted by atomic mass is 9.93. The summed E-state index contributed by atoms with van der Waals surface area (Å²) in [5, 5.41) is 13.1. The molecule has 4 rings (SSSR count). The second-order valence-electron chi connectivity index (χ2n) is 6.72. The van der Waals surface area contributed by atoms with Crippen LogP contribution in [0.15, 0.2) is 55.0 Å². The fourth-order valence-corrected chi connectivity index (χ4v) is 3.38. The van der Waals surface area contributed by atoms with E-state index in [1.54, 1.807) is 24.4 Å². The highest BCUT2D eigenvalue weighted by atomic mass is 19.1. The standard InChI is InChI=1S/C22H16F2N6/c1-12(30-22-17(9-25)21(26)28-11-29-22)18-10-27-19-6-5-15(24)8-16(19)20(18)13-3-2-4-14(23)7-13/h2-8,10-12H,1H3,(H3,26,28,29,30)/t12-/m0/s1. The Labute approximate surface area is 171 Å². The summed E-state index contributed by atoms with van der Waals surface area (Å²) in [6, 6.07) is 11.9. The van der Waals surface area contributed by atoms with Gasteiger partial charge in [-0.1, -0.05) is 12.1 Å². The Morgan fingerprint density at radius 2 is 1.87 bits per heavy atom. The van der Waals surface area contributed by atoms with Crippen molar-refractivity contribution in [2.45, 2.75) is 13.0 Å². The predicted molar refractivity (Wildman–Crippen MR) is 110 cm³/mol. The fraction of sp³-hybridized carbons (Fsp3) is 0.0909. The number of pyridine rings is 1. The first-order valence-corrected chi connectivity index (χ1v) is 9.09. The first-order chi connectivity index (χ1) is 14.5. The van der Waals surface area contributed by atoms with Crippen molar-refractivity contribution in [3.63, 3.8) is 0 Å². The van der Waals surface area contributed by atoms with Crippen LogP contribution in [0.1, 0.15) is 24.1 Å². The summed E-state index contributed by atoms with van der Waals surface area (Å²) in [4.78, 5) is 12.4. The van der Waals surface area contributed by atoms with Crippen molar-refractivity contribution >= 4 is 22.5 Å². The minimum absolute atomic E-state index is 0.0614. The lowest BCUT2D eigenvalue weighted by molar-refractivity contribution is 0.628. The number of aromatic nitrogens is 3. The Hall–Kier alpha value is -4.12. The molecule has 8 heteroatoms. The average molecular weight is 402 g/mol. The van der Waals surface area contributed by atoms with Gasteiger partial charge in [-0.25, -0.2) is 18.7 Å². The van der Waals surface area contributed by atoms with Gasteiger partial charge in [-0.05, 0) is 48.4 Å². The number of anilines is 2. The smallest absolute Gasteiger partial charge is 0.150 e. The molecule has 0 bridgehead atoms. The Kier molecular flexibility index (Phi) is 4.94. The number of fused-ring (bicyclic) bond motifs is 1. The van der Waals surface area contributed by atoms with Gasteiger partial charge in [0, 0.05) is 17.1 Å². The number of rotatable bonds is 4. The van der Waals surface area contributed by atoms with Crippen LogP contribution in [0.5, 0.6) is 0 Å². The molecule has 0 aliphatic carbocycles. The van der Waals surface area contributed by atoms with Crippen molar-refractivity contribution in [2.24, 2.45) is 0 Å². The molecule has 2 aromatic heterocycles. The molecule has 0 radical (unpaired) electrons. The number of nitrogens with zero attached hydrogens (tertiary/aromatic N) is 4. The van der Waals surface area contributed by atoms with Crippen LogP contribution in [0.25, 0.3) is 22.0 Å². The Morgan fingerprint density at radius 1 is 1.07 bits per heavy atom. The van der Waals surface area contributed by atoms with Crippen molar-refractivity contribution in [2.75, 3.05) is 11.1 Å². The van der Waals surface area contributed by atoms with E-state index in [1.807, 2.05) is 13.0 Å². The van der Waals surface area contributed by atoms with Crippen molar-refractivity contribution in [1.82, 2.24) is 15.0 Å². The van der Waals surface area contributed by atoms with Gasteiger partial charge >= 0.3 is 0 Å². The monoisotopic (exact) mass is 402 g/mol. The van der Waals surface area contributed by atoms with Gasteiger partial charge in [-0.3, -0.25) is 4.98 Å². The molecule has 1 atom stereocenters. The van der Waals surface area contributed by atoms with E-state index in [-0.39, 0.29) is 17.2 Å². The third-order valence-corrected chi connectivity index (χ3v) is 4.78. The predicted octanol–water partition coefficient (Wildman–Crippen LogP) is 4.60. The minimum Gasteiger partial charge on any atom is -0.382 e. The van der Waals surface area contributed by atoms with E-state index >= 15 is 0 Å². The zero-order valence-electron chi connectivity index (χ0n) is 15.9. The maximum atomic E-state index is 14.1. The molecule has 0 amide bonds. The van der Waals surface area contributed by atoms with Crippen LogP contribution >= 0.6 is 0 Å². The van der Waals surface area contributed by atoms with Gasteiger partial charge in [-0.2, -0.15) is 5.26 Å². The van der Waals surface area contributed by atoms with Gasteiger partial charge in [0.2, 0.25) is 0 Å². The summed E-state index contributed by atoms with van der Waals surface area (Å²) in [6.07, 6.45) is 2.90. The molecule has 0 saturated heterocycles. The van der Waals surface area contributed by atoms with Gasteiger partial charge < -0.3 is 11.1 Å². The molecule has 2 heterocycles. The second kappa shape index (κ2) is 7.72. The van der Waals surface area contributed by atoms with Crippen molar-refractivity contribution < 1.29 is 8.78 Å². The van der Waals surface area contributed by atoms with E-state index in [0.717, 1.165) is 0 Å². The lowest BCUT2D eigenvalue weighted by Gasteiger charge is -2.21. The van der Waals surface area contributed by atoms with Crippen LogP contribution in [0.2, 0.25) is 0 Å². The number of hydrogen-bond donors (Lipinski definition) is 2. The topological polar surface area (TPSA) is 101 Å². The van der Waals surface area contributed by atoms with E-state index in [9.17, 15) is 14.0 Å². The van der Waals surface area contributed by atoms with Crippen LogP contribution in [0.4, 0.5) is 20.4 Å². The van der Waals surface area contributed by atoms with E-state index in [0.29, 0.717) is 27.6 Å². The summed E-state index contributed by atoms with van der Waals surface area (Å²) in [7, 11) is 0. The van der Waals surface area contributed by atoms with Crippen LogP contribution in [-0.4, -0.2) is 15.0 Å². The molecule has 0 saturated carbocycles. The summed E-state index contributed by atoms with van der Waals surface area (Å²) in [5.74, 6) is -0.501. The van der Waals surface area contributed by atoms with Crippen LogP contribution in [0.3, 0.4) is 0 Å². The number of nitrogen functional groups attached to an aromatic ring is 1. The normalized spacial score (nSPS) is 11.8. The zero-order valence-corrected chi connectivity index (χ0v) is 15.9. The third kappa shape index (κ3) is 3.49. The number of nitrogens with one attached hydrogen (secondary N) is 1. The molecule has 4 aromatic rings. The Morgan fingerprint density at radius 3 is 2.63 bits per heavy atom. The largest absolute Gasteiger partial charge is 0.382 e. The van der Waals surface area contributed by atoms with Crippen molar-refractivity contribution in [3.8, 4) is 17.2 Å². The molecule has 2 aromatic carbocycles. The van der Waals surface area contributed by atoms with Crippen molar-refractivity contribution in [1.29, 1.82) is 5.26 Å². The molecule has 0 unspecified atom stereocenters. The molecule has 3 N–H and O–H groups in total. The first kappa shape index (κ1) is 19.2. The highest BCUT2D eigenvalue weighted by Gasteiger charge is 2.19. The first-order valence-electron chi connectivity index (χ1n) is 9.09. The van der Waals surface area contributed by atoms with Crippen LogP contribution in [-0.2, 0) is 0 Å². The molecule has 0 fully saturated rings. The molecule has 6 nitrogen and oxygen atoms in total. The van der Waals surface area contributed by atoms with Gasteiger partial charge in [0.1, 0.15) is 41.2 Å². The van der Waals surface area contributed by atoms with Gasteiger partial charge in [0.25, 0.3) is 0 Å².